The van der Waals surface area contributed by atoms with E-state index in [0.717, 1.165) is 5.69 Å². The van der Waals surface area contributed by atoms with E-state index >= 15 is 0 Å². The second-order valence-electron chi connectivity index (χ2n) is 6.87. The molecule has 0 radical (unpaired) electrons. The Balaban J connectivity index is 2.08. The van der Waals surface area contributed by atoms with Gasteiger partial charge in [-0.1, -0.05) is 31.5 Å². The van der Waals surface area contributed by atoms with Crippen LogP contribution in [0.1, 0.15) is 20.3 Å². The molecule has 1 atom stereocenters. The summed E-state index contributed by atoms with van der Waals surface area (Å²) in [6, 6.07) is 7.14. The number of hydrogen-bond acceptors (Lipinski definition) is 3. The first-order chi connectivity index (χ1) is 10.7. The minimum absolute atomic E-state index is 0.138. The van der Waals surface area contributed by atoms with E-state index < -0.39 is 5.92 Å². The lowest BCUT2D eigenvalue weighted by Gasteiger charge is -2.30. The van der Waals surface area contributed by atoms with Crippen LogP contribution in [0.2, 0.25) is 5.02 Å². The highest BCUT2D eigenvalue weighted by Gasteiger charge is 2.39. The fraction of sp³-hybridized carbons (Fsp3) is 0.529. The van der Waals surface area contributed by atoms with E-state index in [1.165, 1.54) is 0 Å². The topological polar surface area (TPSA) is 66.6 Å². The monoisotopic (exact) mass is 337 g/mol. The first-order valence-corrected chi connectivity index (χ1v) is 8.15. The van der Waals surface area contributed by atoms with Crippen molar-refractivity contribution in [3.63, 3.8) is 0 Å². The zero-order valence-corrected chi connectivity index (χ0v) is 14.6. The van der Waals surface area contributed by atoms with Gasteiger partial charge in [-0.2, -0.15) is 0 Å². The highest BCUT2D eigenvalue weighted by Crippen LogP contribution is 2.28. The number of carbonyl (C=O) groups excluding carboxylic acids is 2. The van der Waals surface area contributed by atoms with Gasteiger partial charge in [0, 0.05) is 30.8 Å². The summed E-state index contributed by atoms with van der Waals surface area (Å²) < 4.78 is 0. The van der Waals surface area contributed by atoms with Gasteiger partial charge in [-0.15, -0.1) is 0 Å². The average molecular weight is 338 g/mol. The van der Waals surface area contributed by atoms with Crippen LogP contribution >= 0.6 is 11.6 Å². The summed E-state index contributed by atoms with van der Waals surface area (Å²) in [5.41, 5.74) is 6.29. The van der Waals surface area contributed by atoms with Crippen LogP contribution in [0.5, 0.6) is 0 Å². The molecule has 23 heavy (non-hydrogen) atoms. The summed E-state index contributed by atoms with van der Waals surface area (Å²) in [5, 5.41) is 0.576. The van der Waals surface area contributed by atoms with Crippen molar-refractivity contribution in [2.24, 2.45) is 17.1 Å². The fourth-order valence-electron chi connectivity index (χ4n) is 2.86. The third-order valence-corrected chi connectivity index (χ3v) is 4.45. The van der Waals surface area contributed by atoms with E-state index in [0.29, 0.717) is 31.1 Å². The van der Waals surface area contributed by atoms with Gasteiger partial charge in [-0.05, 0) is 36.6 Å². The van der Waals surface area contributed by atoms with Crippen molar-refractivity contribution in [2.45, 2.75) is 20.3 Å². The van der Waals surface area contributed by atoms with Gasteiger partial charge >= 0.3 is 0 Å². The Morgan fingerprint density at radius 2 is 2.17 bits per heavy atom. The first-order valence-electron chi connectivity index (χ1n) is 7.77. The maximum absolute atomic E-state index is 12.6. The lowest BCUT2D eigenvalue weighted by molar-refractivity contribution is -0.139. The Bertz CT molecular complexity index is 603. The number of nitrogens with two attached hydrogens (primary N) is 1. The molecule has 1 aliphatic rings. The Morgan fingerprint density at radius 3 is 2.78 bits per heavy atom. The number of benzene rings is 1. The molecule has 2 N–H and O–H groups in total. The molecule has 126 valence electrons. The minimum Gasteiger partial charge on any atom is -0.344 e. The molecular weight excluding hydrogens is 314 g/mol. The van der Waals surface area contributed by atoms with Gasteiger partial charge in [-0.25, -0.2) is 0 Å². The van der Waals surface area contributed by atoms with Gasteiger partial charge in [0.25, 0.3) is 0 Å². The number of anilines is 1. The molecule has 1 fully saturated rings. The molecule has 2 rings (SSSR count). The molecule has 0 aliphatic carbocycles. The summed E-state index contributed by atoms with van der Waals surface area (Å²) in [6.45, 7) is 5.56. The predicted octanol–water partition coefficient (Wildman–Crippen LogP) is 2.14. The average Bonchev–Trinajstić information content (AvgIpc) is 2.87. The normalized spacial score (nSPS) is 18.4. The predicted molar refractivity (Wildman–Crippen MR) is 92.4 cm³/mol. The summed E-state index contributed by atoms with van der Waals surface area (Å²) in [4.78, 5) is 28.5. The number of carbonyl (C=O) groups is 2. The molecule has 0 spiro atoms. The maximum atomic E-state index is 12.6. The smallest absolute Gasteiger partial charge is 0.239 e. The molecule has 0 saturated carbocycles. The van der Waals surface area contributed by atoms with Crippen LogP contribution in [0.15, 0.2) is 24.3 Å². The third-order valence-electron chi connectivity index (χ3n) is 4.22. The molecule has 1 saturated heterocycles. The van der Waals surface area contributed by atoms with Crippen molar-refractivity contribution in [3.8, 4) is 0 Å². The van der Waals surface area contributed by atoms with Crippen LogP contribution in [-0.2, 0) is 9.59 Å². The van der Waals surface area contributed by atoms with Gasteiger partial charge in [0.15, 0.2) is 0 Å². The van der Waals surface area contributed by atoms with Gasteiger partial charge in [0.1, 0.15) is 5.92 Å². The van der Waals surface area contributed by atoms with Crippen LogP contribution in [0, 0.1) is 11.3 Å². The number of nitrogens with zero attached hydrogens (tertiary/aromatic N) is 2. The molecule has 0 bridgehead atoms. The van der Waals surface area contributed by atoms with E-state index in [9.17, 15) is 9.59 Å². The Kier molecular flexibility index (Phi) is 5.32. The van der Waals surface area contributed by atoms with E-state index in [1.807, 2.05) is 19.9 Å². The number of amides is 2. The molecule has 0 aromatic heterocycles. The molecule has 1 aromatic carbocycles. The van der Waals surface area contributed by atoms with Gasteiger partial charge in [0.05, 0.1) is 0 Å². The van der Waals surface area contributed by atoms with E-state index in [1.54, 1.807) is 35.0 Å². The van der Waals surface area contributed by atoms with Gasteiger partial charge < -0.3 is 15.5 Å². The van der Waals surface area contributed by atoms with Crippen molar-refractivity contribution in [1.29, 1.82) is 0 Å². The molecule has 6 heteroatoms. The zero-order valence-electron chi connectivity index (χ0n) is 13.9. The van der Waals surface area contributed by atoms with Crippen LogP contribution in [0.3, 0.4) is 0 Å². The first kappa shape index (κ1) is 17.8. The highest BCUT2D eigenvalue weighted by molar-refractivity contribution is 6.31. The van der Waals surface area contributed by atoms with Crippen molar-refractivity contribution in [3.05, 3.63) is 29.3 Å². The molecule has 2 amide bonds. The number of halogens is 1. The van der Waals surface area contributed by atoms with Crippen molar-refractivity contribution < 1.29 is 9.59 Å². The lowest BCUT2D eigenvalue weighted by atomic mass is 9.92. The quantitative estimate of drug-likeness (QED) is 0.837. The van der Waals surface area contributed by atoms with Crippen LogP contribution in [0.4, 0.5) is 5.69 Å². The fourth-order valence-corrected chi connectivity index (χ4v) is 3.04. The number of hydrogen-bond donors (Lipinski definition) is 1. The van der Waals surface area contributed by atoms with Crippen LogP contribution in [-0.4, -0.2) is 43.4 Å². The Labute approximate surface area is 142 Å². The van der Waals surface area contributed by atoms with Crippen LogP contribution in [0.25, 0.3) is 0 Å². The SMILES string of the molecule is CN(CC(C)(C)CN)C(=O)C1CCN(c2cccc(Cl)c2)C1=O. The largest absolute Gasteiger partial charge is 0.344 e. The third kappa shape index (κ3) is 4.03. The summed E-state index contributed by atoms with van der Waals surface area (Å²) in [5.74, 6) is -0.914. The summed E-state index contributed by atoms with van der Waals surface area (Å²) in [6.07, 6.45) is 0.525. The minimum atomic E-state index is -0.618. The molecule has 1 aliphatic heterocycles. The Hall–Kier alpha value is -1.59. The summed E-state index contributed by atoms with van der Waals surface area (Å²) in [7, 11) is 1.73. The van der Waals surface area contributed by atoms with Crippen molar-refractivity contribution in [1.82, 2.24) is 4.90 Å². The summed E-state index contributed by atoms with van der Waals surface area (Å²) >= 11 is 5.98. The second-order valence-corrected chi connectivity index (χ2v) is 7.31. The standard InChI is InChI=1S/C17H24ClN3O2/c1-17(2,10-19)11-20(3)15(22)14-7-8-21(16(14)23)13-6-4-5-12(18)9-13/h4-6,9,14H,7-8,10-11,19H2,1-3H3. The van der Waals surface area contributed by atoms with Crippen molar-refractivity contribution >= 4 is 29.1 Å². The van der Waals surface area contributed by atoms with Gasteiger partial charge in [-0.3, -0.25) is 9.59 Å². The maximum Gasteiger partial charge on any atom is 0.239 e. The van der Waals surface area contributed by atoms with Crippen molar-refractivity contribution in [2.75, 3.05) is 31.6 Å². The zero-order chi connectivity index (χ0) is 17.2. The molecule has 1 heterocycles. The Morgan fingerprint density at radius 1 is 1.48 bits per heavy atom. The number of rotatable bonds is 5. The highest BCUT2D eigenvalue weighted by atomic mass is 35.5. The van der Waals surface area contributed by atoms with Gasteiger partial charge in [0.2, 0.25) is 11.8 Å². The molecule has 1 aromatic rings. The van der Waals surface area contributed by atoms with Crippen LogP contribution < -0.4 is 10.6 Å². The molecule has 5 nitrogen and oxygen atoms in total. The molecular formula is C17H24ClN3O2. The molecule has 1 unspecified atom stereocenters. The van der Waals surface area contributed by atoms with E-state index in [2.05, 4.69) is 0 Å². The lowest BCUT2D eigenvalue weighted by Crippen LogP contribution is -2.44. The van der Waals surface area contributed by atoms with E-state index in [4.69, 9.17) is 17.3 Å². The van der Waals surface area contributed by atoms with E-state index in [-0.39, 0.29) is 17.2 Å². The second kappa shape index (κ2) is 6.89.